The summed E-state index contributed by atoms with van der Waals surface area (Å²) in [5.41, 5.74) is 2.03. The standard InChI is InChI=1S/C25H24N4OS/c30-23(26-16-18-11-12-19-7-1-2-8-20(19)15-18)17-31-24-21-9-3-4-10-22(21)27-25(28-24)29-13-5-6-14-29/h1-4,7-12,15H,5-6,13-14,16-17H2,(H,26,30). The summed E-state index contributed by atoms with van der Waals surface area (Å²) >= 11 is 1.48. The normalized spacial score (nSPS) is 13.7. The maximum atomic E-state index is 12.5. The molecule has 0 saturated carbocycles. The van der Waals surface area contributed by atoms with Crippen molar-refractivity contribution in [3.63, 3.8) is 0 Å². The third kappa shape index (κ3) is 4.49. The fourth-order valence-electron chi connectivity index (χ4n) is 3.94. The fourth-order valence-corrected chi connectivity index (χ4v) is 4.78. The number of nitrogens with zero attached hydrogens (tertiary/aromatic N) is 3. The number of anilines is 1. The average molecular weight is 429 g/mol. The van der Waals surface area contributed by atoms with Gasteiger partial charge in [-0.25, -0.2) is 9.97 Å². The first-order valence-corrected chi connectivity index (χ1v) is 11.6. The van der Waals surface area contributed by atoms with Gasteiger partial charge in [0.15, 0.2) is 0 Å². The van der Waals surface area contributed by atoms with Crippen LogP contribution in [0.3, 0.4) is 0 Å². The number of aromatic nitrogens is 2. The van der Waals surface area contributed by atoms with Crippen molar-refractivity contribution in [1.29, 1.82) is 0 Å². The maximum absolute atomic E-state index is 12.5. The molecule has 4 aromatic rings. The van der Waals surface area contributed by atoms with Crippen LogP contribution in [0.15, 0.2) is 71.8 Å². The number of hydrogen-bond acceptors (Lipinski definition) is 5. The van der Waals surface area contributed by atoms with Gasteiger partial charge in [0.25, 0.3) is 0 Å². The van der Waals surface area contributed by atoms with Crippen LogP contribution in [0, 0.1) is 0 Å². The van der Waals surface area contributed by atoms with E-state index in [0.717, 1.165) is 40.5 Å². The predicted octanol–water partition coefficient (Wildman–Crippen LogP) is 4.79. The van der Waals surface area contributed by atoms with Crippen molar-refractivity contribution >= 4 is 45.3 Å². The Morgan fingerprint density at radius 2 is 1.71 bits per heavy atom. The van der Waals surface area contributed by atoms with E-state index in [0.29, 0.717) is 12.3 Å². The Hall–Kier alpha value is -3.12. The van der Waals surface area contributed by atoms with Crippen LogP contribution in [0.1, 0.15) is 18.4 Å². The Kier molecular flexibility index (Phi) is 5.71. The highest BCUT2D eigenvalue weighted by Crippen LogP contribution is 2.28. The summed E-state index contributed by atoms with van der Waals surface area (Å²) in [7, 11) is 0. The number of hydrogen-bond donors (Lipinski definition) is 1. The molecular formula is C25H24N4OS. The van der Waals surface area contributed by atoms with E-state index >= 15 is 0 Å². The van der Waals surface area contributed by atoms with Crippen LogP contribution in [0.4, 0.5) is 5.95 Å². The highest BCUT2D eigenvalue weighted by atomic mass is 32.2. The van der Waals surface area contributed by atoms with E-state index in [1.807, 2.05) is 36.4 Å². The minimum absolute atomic E-state index is 0.00331. The van der Waals surface area contributed by atoms with Gasteiger partial charge in [-0.3, -0.25) is 4.79 Å². The number of carbonyl (C=O) groups is 1. The molecule has 1 aliphatic rings. The Bertz CT molecular complexity index is 1240. The summed E-state index contributed by atoms with van der Waals surface area (Å²) in [6.45, 7) is 2.51. The summed E-state index contributed by atoms with van der Waals surface area (Å²) < 4.78 is 0. The van der Waals surface area contributed by atoms with Crippen LogP contribution in [0.25, 0.3) is 21.7 Å². The molecule has 0 bridgehead atoms. The Morgan fingerprint density at radius 1 is 0.935 bits per heavy atom. The van der Waals surface area contributed by atoms with Gasteiger partial charge < -0.3 is 10.2 Å². The molecule has 3 aromatic carbocycles. The van der Waals surface area contributed by atoms with E-state index < -0.39 is 0 Å². The summed E-state index contributed by atoms with van der Waals surface area (Å²) in [6, 6.07) is 22.6. The average Bonchev–Trinajstić information content (AvgIpc) is 3.36. The predicted molar refractivity (Wildman–Crippen MR) is 128 cm³/mol. The zero-order chi connectivity index (χ0) is 21.0. The van der Waals surface area contributed by atoms with Gasteiger partial charge in [-0.15, -0.1) is 0 Å². The van der Waals surface area contributed by atoms with Crippen LogP contribution in [-0.4, -0.2) is 34.7 Å². The molecule has 0 unspecified atom stereocenters. The lowest BCUT2D eigenvalue weighted by molar-refractivity contribution is -0.118. The van der Waals surface area contributed by atoms with Crippen molar-refractivity contribution in [2.75, 3.05) is 23.7 Å². The lowest BCUT2D eigenvalue weighted by Crippen LogP contribution is -2.24. The molecule has 5 rings (SSSR count). The van der Waals surface area contributed by atoms with Gasteiger partial charge in [0.1, 0.15) is 5.03 Å². The molecule has 0 radical (unpaired) electrons. The van der Waals surface area contributed by atoms with Crippen LogP contribution >= 0.6 is 11.8 Å². The lowest BCUT2D eigenvalue weighted by atomic mass is 10.1. The van der Waals surface area contributed by atoms with Gasteiger partial charge >= 0.3 is 0 Å². The first-order chi connectivity index (χ1) is 15.3. The van der Waals surface area contributed by atoms with Gasteiger partial charge in [-0.05, 0) is 41.3 Å². The second-order valence-electron chi connectivity index (χ2n) is 7.79. The molecule has 0 atom stereocenters. The first kappa shape index (κ1) is 19.8. The quantitative estimate of drug-likeness (QED) is 0.353. The van der Waals surface area contributed by atoms with Gasteiger partial charge in [0, 0.05) is 25.0 Å². The molecule has 1 saturated heterocycles. The van der Waals surface area contributed by atoms with E-state index in [2.05, 4.69) is 40.5 Å². The van der Waals surface area contributed by atoms with Crippen molar-refractivity contribution in [3.8, 4) is 0 Å². The third-order valence-corrected chi connectivity index (χ3v) is 6.58. The molecule has 1 N–H and O–H groups in total. The highest BCUT2D eigenvalue weighted by Gasteiger charge is 2.18. The maximum Gasteiger partial charge on any atom is 0.230 e. The lowest BCUT2D eigenvalue weighted by Gasteiger charge is -2.17. The first-order valence-electron chi connectivity index (χ1n) is 10.7. The topological polar surface area (TPSA) is 58.1 Å². The fraction of sp³-hybridized carbons (Fsp3) is 0.240. The van der Waals surface area contributed by atoms with Crippen LogP contribution in [-0.2, 0) is 11.3 Å². The molecule has 2 heterocycles. The number of carbonyl (C=O) groups excluding carboxylic acids is 1. The molecule has 6 heteroatoms. The monoisotopic (exact) mass is 428 g/mol. The molecular weight excluding hydrogens is 404 g/mol. The van der Waals surface area contributed by atoms with Gasteiger partial charge in [0.05, 0.1) is 11.3 Å². The molecule has 31 heavy (non-hydrogen) atoms. The van der Waals surface area contributed by atoms with Crippen LogP contribution in [0.5, 0.6) is 0 Å². The Morgan fingerprint density at radius 3 is 2.58 bits per heavy atom. The molecule has 0 spiro atoms. The van der Waals surface area contributed by atoms with E-state index in [4.69, 9.17) is 9.97 Å². The second-order valence-corrected chi connectivity index (χ2v) is 8.75. The van der Waals surface area contributed by atoms with Crippen molar-refractivity contribution in [1.82, 2.24) is 15.3 Å². The van der Waals surface area contributed by atoms with Crippen LogP contribution in [0.2, 0.25) is 0 Å². The number of nitrogens with one attached hydrogen (secondary N) is 1. The van der Waals surface area contributed by atoms with Crippen molar-refractivity contribution in [3.05, 3.63) is 72.3 Å². The number of para-hydroxylation sites is 1. The number of fused-ring (bicyclic) bond motifs is 2. The van der Waals surface area contributed by atoms with Gasteiger partial charge in [-0.2, -0.15) is 0 Å². The number of benzene rings is 3. The second kappa shape index (κ2) is 8.94. The molecule has 0 aliphatic carbocycles. The summed E-state index contributed by atoms with van der Waals surface area (Å²) in [6.07, 6.45) is 2.35. The molecule has 1 amide bonds. The zero-order valence-electron chi connectivity index (χ0n) is 17.3. The summed E-state index contributed by atoms with van der Waals surface area (Å²) in [4.78, 5) is 24.3. The van der Waals surface area contributed by atoms with E-state index in [9.17, 15) is 4.79 Å². The number of amides is 1. The van der Waals surface area contributed by atoms with Gasteiger partial charge in [0.2, 0.25) is 11.9 Å². The molecule has 156 valence electrons. The smallest absolute Gasteiger partial charge is 0.230 e. The molecule has 1 fully saturated rings. The third-order valence-electron chi connectivity index (χ3n) is 5.59. The van der Waals surface area contributed by atoms with Gasteiger partial charge in [-0.1, -0.05) is 66.4 Å². The van der Waals surface area contributed by atoms with Crippen molar-refractivity contribution in [2.24, 2.45) is 0 Å². The molecule has 5 nitrogen and oxygen atoms in total. The van der Waals surface area contributed by atoms with E-state index in [1.165, 1.54) is 35.4 Å². The van der Waals surface area contributed by atoms with Crippen molar-refractivity contribution < 1.29 is 4.79 Å². The number of rotatable bonds is 6. The Balaban J connectivity index is 1.26. The minimum Gasteiger partial charge on any atom is -0.351 e. The van der Waals surface area contributed by atoms with E-state index in [-0.39, 0.29) is 5.91 Å². The molecule has 1 aromatic heterocycles. The zero-order valence-corrected chi connectivity index (χ0v) is 18.1. The van der Waals surface area contributed by atoms with Crippen LogP contribution < -0.4 is 10.2 Å². The SMILES string of the molecule is O=C(CSc1nc(N2CCCC2)nc2ccccc12)NCc1ccc2ccccc2c1. The summed E-state index contributed by atoms with van der Waals surface area (Å²) in [5, 5.41) is 7.30. The molecule has 1 aliphatic heterocycles. The Labute approximate surface area is 185 Å². The van der Waals surface area contributed by atoms with Crippen molar-refractivity contribution in [2.45, 2.75) is 24.4 Å². The largest absolute Gasteiger partial charge is 0.351 e. The number of thioether (sulfide) groups is 1. The minimum atomic E-state index is 0.00331. The summed E-state index contributed by atoms with van der Waals surface area (Å²) in [5.74, 6) is 1.10. The highest BCUT2D eigenvalue weighted by molar-refractivity contribution is 8.00. The van der Waals surface area contributed by atoms with E-state index in [1.54, 1.807) is 0 Å².